The third-order valence-electron chi connectivity index (χ3n) is 8.55. The van der Waals surface area contributed by atoms with Gasteiger partial charge in [0.2, 0.25) is 0 Å². The first kappa shape index (κ1) is 33.7. The number of fused-ring (bicyclic) bond motifs is 2. The van der Waals surface area contributed by atoms with Gasteiger partial charge in [-0.2, -0.15) is 0 Å². The van der Waals surface area contributed by atoms with Crippen LogP contribution < -0.4 is 52.9 Å². The minimum atomic E-state index is 0. The van der Waals surface area contributed by atoms with E-state index in [0.717, 1.165) is 50.9 Å². The topological polar surface area (TPSA) is 40.0 Å². The van der Waals surface area contributed by atoms with E-state index in [0.29, 0.717) is 0 Å². The molecule has 6 aromatic rings. The molecule has 0 atom stereocenters. The predicted molar refractivity (Wildman–Crippen MR) is 185 cm³/mol. The Bertz CT molecular complexity index is 1760. The number of anilines is 2. The van der Waals surface area contributed by atoms with Gasteiger partial charge in [0.25, 0.3) is 24.3 Å². The van der Waals surface area contributed by atoms with Gasteiger partial charge in [0, 0.05) is 36.0 Å². The fraction of sp³-hybridized carbons (Fsp3) is 0.294. The molecule has 0 saturated carbocycles. The van der Waals surface area contributed by atoms with Crippen molar-refractivity contribution in [3.8, 4) is 0 Å². The number of halogens is 2. The van der Waals surface area contributed by atoms with E-state index in [1.807, 2.05) is 34.2 Å². The highest BCUT2D eigenvalue weighted by Crippen LogP contribution is 2.37. The van der Waals surface area contributed by atoms with Crippen molar-refractivity contribution < 1.29 is 43.1 Å². The number of hydrogen-bond acceptors (Lipinski definition) is 8. The largest absolute Gasteiger partial charge is 1.00 e. The quantitative estimate of drug-likeness (QED) is 0.163. The van der Waals surface area contributed by atoms with Crippen LogP contribution in [0, 0.1) is 0 Å². The molecule has 0 spiro atoms. The SMILES string of the molecule is [Br-].[Br-].c1cc2c(s1)c(N1CCCC1)nc[n+]2Cc1ccc(SSc2ccc(C[n+]3cnc(N4CCCC4)c4sccc43)cc2)cc1. The molecule has 6 heterocycles. The summed E-state index contributed by atoms with van der Waals surface area (Å²) in [6.45, 7) is 6.13. The van der Waals surface area contributed by atoms with Crippen LogP contribution in [0.1, 0.15) is 36.8 Å². The van der Waals surface area contributed by atoms with Gasteiger partial charge in [-0.3, -0.25) is 0 Å². The van der Waals surface area contributed by atoms with Gasteiger partial charge in [-0.25, -0.2) is 9.13 Å². The molecule has 2 aliphatic heterocycles. The molecule has 12 heteroatoms. The van der Waals surface area contributed by atoms with Crippen LogP contribution in [0.5, 0.6) is 0 Å². The molecular formula is C34H34Br2N6S4. The molecule has 0 amide bonds. The van der Waals surface area contributed by atoms with E-state index < -0.39 is 0 Å². The van der Waals surface area contributed by atoms with Crippen LogP contribution in [0.3, 0.4) is 0 Å². The molecule has 2 aliphatic rings. The van der Waals surface area contributed by atoms with E-state index in [9.17, 15) is 0 Å². The zero-order valence-corrected chi connectivity index (χ0v) is 31.7. The van der Waals surface area contributed by atoms with Crippen molar-refractivity contribution in [3.05, 3.63) is 95.2 Å². The van der Waals surface area contributed by atoms with Crippen molar-refractivity contribution in [2.24, 2.45) is 0 Å². The Morgan fingerprint density at radius 3 is 1.35 bits per heavy atom. The normalized spacial score (nSPS) is 14.6. The molecule has 0 unspecified atom stereocenters. The maximum Gasteiger partial charge on any atom is 0.289 e. The Hall–Kier alpha value is -2.22. The van der Waals surface area contributed by atoms with Crippen LogP contribution in [0.2, 0.25) is 0 Å². The number of benzene rings is 2. The van der Waals surface area contributed by atoms with Gasteiger partial charge < -0.3 is 43.8 Å². The van der Waals surface area contributed by atoms with Crippen LogP contribution in [0.4, 0.5) is 11.6 Å². The van der Waals surface area contributed by atoms with Gasteiger partial charge in [0.15, 0.2) is 11.0 Å². The van der Waals surface area contributed by atoms with Crippen molar-refractivity contribution in [2.75, 3.05) is 36.0 Å². The Morgan fingerprint density at radius 2 is 0.957 bits per heavy atom. The molecular weight excluding hydrogens is 780 g/mol. The van der Waals surface area contributed by atoms with Gasteiger partial charge in [-0.15, -0.1) is 22.7 Å². The second-order valence-electron chi connectivity index (χ2n) is 11.5. The van der Waals surface area contributed by atoms with Gasteiger partial charge in [-0.05, 0) is 93.9 Å². The summed E-state index contributed by atoms with van der Waals surface area (Å²) < 4.78 is 7.16. The van der Waals surface area contributed by atoms with E-state index in [-0.39, 0.29) is 34.0 Å². The van der Waals surface area contributed by atoms with E-state index >= 15 is 0 Å². The standard InChI is InChI=1S/C34H34N6S4.2BrH/c1-2-16-37(15-1)33-31-29(13-19-41-31)39(23-35-33)21-25-5-9-27(10-6-25)43-44-28-11-7-26(8-12-28)22-40-24-36-34(38-17-3-4-18-38)32-30(40)14-20-42-32;;/h5-14,19-20,23-24H,1-4,15-18,21-22H2;2*1H/q+2;;/p-2. The van der Waals surface area contributed by atoms with Gasteiger partial charge in [0.05, 0.1) is 0 Å². The summed E-state index contributed by atoms with van der Waals surface area (Å²) in [5.74, 6) is 2.31. The molecule has 8 rings (SSSR count). The molecule has 0 radical (unpaired) electrons. The number of rotatable bonds is 9. The van der Waals surface area contributed by atoms with Crippen LogP contribution in [-0.2, 0) is 13.1 Å². The summed E-state index contributed by atoms with van der Waals surface area (Å²) in [4.78, 5) is 17.2. The molecule has 0 N–H and O–H groups in total. The van der Waals surface area contributed by atoms with Crippen LogP contribution >= 0.6 is 44.3 Å². The zero-order valence-electron chi connectivity index (χ0n) is 25.2. The lowest BCUT2D eigenvalue weighted by molar-refractivity contribution is -0.665. The molecule has 46 heavy (non-hydrogen) atoms. The third kappa shape index (κ3) is 7.12. The molecule has 2 saturated heterocycles. The number of hydrogen-bond donors (Lipinski definition) is 0. The Morgan fingerprint density at radius 1 is 0.565 bits per heavy atom. The van der Waals surface area contributed by atoms with E-state index in [2.05, 4.69) is 90.4 Å². The highest BCUT2D eigenvalue weighted by atomic mass is 79.9. The fourth-order valence-corrected chi connectivity index (χ4v) is 10.0. The first-order valence-electron chi connectivity index (χ1n) is 15.3. The predicted octanol–water partition coefficient (Wildman–Crippen LogP) is 1.59. The maximum atomic E-state index is 4.88. The minimum absolute atomic E-state index is 0. The lowest BCUT2D eigenvalue weighted by Gasteiger charge is -2.13. The van der Waals surface area contributed by atoms with E-state index in [4.69, 9.17) is 9.97 Å². The minimum Gasteiger partial charge on any atom is -1.00 e. The lowest BCUT2D eigenvalue weighted by atomic mass is 10.2. The second-order valence-corrected chi connectivity index (χ2v) is 15.6. The van der Waals surface area contributed by atoms with Crippen LogP contribution in [-0.4, -0.2) is 36.1 Å². The van der Waals surface area contributed by atoms with Crippen molar-refractivity contribution >= 4 is 76.3 Å². The summed E-state index contributed by atoms with van der Waals surface area (Å²) in [5, 5.41) is 4.38. The highest BCUT2D eigenvalue weighted by Gasteiger charge is 2.25. The van der Waals surface area contributed by atoms with E-state index in [1.54, 1.807) is 22.7 Å². The molecule has 6 nitrogen and oxygen atoms in total. The van der Waals surface area contributed by atoms with Crippen LogP contribution in [0.25, 0.3) is 20.4 Å². The van der Waals surface area contributed by atoms with Crippen molar-refractivity contribution in [1.29, 1.82) is 0 Å². The highest BCUT2D eigenvalue weighted by molar-refractivity contribution is 8.76. The molecule has 4 aromatic heterocycles. The van der Waals surface area contributed by atoms with Crippen molar-refractivity contribution in [1.82, 2.24) is 9.97 Å². The molecule has 0 bridgehead atoms. The Kier molecular flexibility index (Phi) is 11.2. The van der Waals surface area contributed by atoms with Crippen molar-refractivity contribution in [2.45, 2.75) is 48.6 Å². The number of thiophene rings is 2. The monoisotopic (exact) mass is 812 g/mol. The fourth-order valence-electron chi connectivity index (χ4n) is 6.23. The Labute approximate surface area is 306 Å². The summed E-state index contributed by atoms with van der Waals surface area (Å²) in [6.07, 6.45) is 9.10. The third-order valence-corrected chi connectivity index (χ3v) is 12.8. The number of nitrogens with zero attached hydrogens (tertiary/aromatic N) is 6. The Balaban J connectivity index is 0.00000186. The molecule has 0 aliphatic carbocycles. The smallest absolute Gasteiger partial charge is 0.289 e. The second kappa shape index (κ2) is 15.3. The van der Waals surface area contributed by atoms with Crippen LogP contribution in [0.15, 0.2) is 93.9 Å². The summed E-state index contributed by atoms with van der Waals surface area (Å²) >= 11 is 3.61. The summed E-state index contributed by atoms with van der Waals surface area (Å²) in [6, 6.07) is 22.4. The van der Waals surface area contributed by atoms with E-state index in [1.165, 1.54) is 67.0 Å². The maximum absolute atomic E-state index is 4.88. The zero-order chi connectivity index (χ0) is 29.3. The van der Waals surface area contributed by atoms with Crippen molar-refractivity contribution in [3.63, 3.8) is 0 Å². The lowest BCUT2D eigenvalue weighted by Crippen LogP contribution is -3.00. The average molecular weight is 815 g/mol. The molecule has 2 fully saturated rings. The molecule has 2 aromatic carbocycles. The summed E-state index contributed by atoms with van der Waals surface area (Å²) in [7, 11) is 3.62. The number of aromatic nitrogens is 4. The first-order chi connectivity index (χ1) is 21.8. The average Bonchev–Trinajstić information content (AvgIpc) is 3.89. The van der Waals surface area contributed by atoms with Gasteiger partial charge in [-0.1, -0.05) is 45.9 Å². The van der Waals surface area contributed by atoms with Gasteiger partial charge >= 0.3 is 0 Å². The molecule has 238 valence electrons. The first-order valence-corrected chi connectivity index (χ1v) is 19.2. The van der Waals surface area contributed by atoms with Gasteiger partial charge in [0.1, 0.15) is 22.5 Å². The summed E-state index contributed by atoms with van der Waals surface area (Å²) in [5.41, 5.74) is 5.13.